The minimum Gasteiger partial charge on any atom is -0.464 e. The van der Waals surface area contributed by atoms with Crippen molar-refractivity contribution in [1.82, 2.24) is 10.6 Å². The number of carbonyl (C=O) groups is 2. The molecule has 7 heteroatoms. The Labute approximate surface area is 160 Å². The Kier molecular flexibility index (Phi) is 5.58. The summed E-state index contributed by atoms with van der Waals surface area (Å²) in [5, 5.41) is 9.65. The molecule has 0 fully saturated rings. The van der Waals surface area contributed by atoms with Gasteiger partial charge in [0.25, 0.3) is 11.8 Å². The Balaban J connectivity index is 1.74. The van der Waals surface area contributed by atoms with Gasteiger partial charge in [0.15, 0.2) is 0 Å². The first-order chi connectivity index (χ1) is 12.5. The highest BCUT2D eigenvalue weighted by atomic mass is 32.1. The zero-order chi connectivity index (χ0) is 18.7. The van der Waals surface area contributed by atoms with E-state index >= 15 is 0 Å². The fourth-order valence-corrected chi connectivity index (χ4v) is 4.24. The van der Waals surface area contributed by atoms with Crippen LogP contribution in [0.1, 0.15) is 48.0 Å². The second-order valence-corrected chi connectivity index (χ2v) is 7.88. The normalized spacial score (nSPS) is 12.0. The summed E-state index contributed by atoms with van der Waals surface area (Å²) in [6.45, 7) is 5.90. The van der Waals surface area contributed by atoms with Gasteiger partial charge in [-0.05, 0) is 66.9 Å². The minimum absolute atomic E-state index is 0.146. The predicted molar refractivity (Wildman–Crippen MR) is 104 cm³/mol. The van der Waals surface area contributed by atoms with Crippen LogP contribution in [-0.2, 0) is 0 Å². The first-order valence-corrected chi connectivity index (χ1v) is 9.95. The Bertz CT molecular complexity index is 923. The van der Waals surface area contributed by atoms with Crippen LogP contribution in [0.3, 0.4) is 0 Å². The first kappa shape index (κ1) is 18.4. The molecule has 3 heterocycles. The van der Waals surface area contributed by atoms with Gasteiger partial charge in [0.05, 0.1) is 9.75 Å². The zero-order valence-electron chi connectivity index (χ0n) is 14.8. The van der Waals surface area contributed by atoms with Crippen LogP contribution in [0, 0.1) is 20.8 Å². The van der Waals surface area contributed by atoms with Crippen molar-refractivity contribution in [3.05, 3.63) is 67.4 Å². The molecule has 0 spiro atoms. The monoisotopic (exact) mass is 388 g/mol. The number of carbonyl (C=O) groups excluding carboxylic acids is 2. The maximum absolute atomic E-state index is 12.6. The van der Waals surface area contributed by atoms with Crippen LogP contribution in [0.2, 0.25) is 0 Å². The van der Waals surface area contributed by atoms with Gasteiger partial charge in [-0.1, -0.05) is 0 Å². The van der Waals surface area contributed by atoms with Crippen molar-refractivity contribution in [2.45, 2.75) is 26.8 Å². The number of furan rings is 1. The van der Waals surface area contributed by atoms with Crippen LogP contribution >= 0.6 is 22.7 Å². The van der Waals surface area contributed by atoms with Gasteiger partial charge in [-0.25, -0.2) is 0 Å². The predicted octanol–water partition coefficient (Wildman–Crippen LogP) is 4.23. The van der Waals surface area contributed by atoms with Gasteiger partial charge in [-0.15, -0.1) is 22.7 Å². The molecule has 136 valence electrons. The quantitative estimate of drug-likeness (QED) is 0.664. The summed E-state index contributed by atoms with van der Waals surface area (Å²) >= 11 is 2.80. The molecule has 2 amide bonds. The molecular weight excluding hydrogens is 368 g/mol. The lowest BCUT2D eigenvalue weighted by atomic mass is 10.2. The summed E-state index contributed by atoms with van der Waals surface area (Å²) in [4.78, 5) is 26.3. The number of thiophene rings is 2. The molecule has 3 rings (SSSR count). The molecular formula is C19H20N2O3S2. The minimum atomic E-state index is -0.443. The maximum Gasteiger partial charge on any atom is 0.262 e. The van der Waals surface area contributed by atoms with E-state index in [9.17, 15) is 9.59 Å². The van der Waals surface area contributed by atoms with E-state index in [1.165, 1.54) is 22.7 Å². The number of hydrogen-bond donors (Lipinski definition) is 2. The van der Waals surface area contributed by atoms with Crippen LogP contribution in [0.5, 0.6) is 0 Å². The SMILES string of the molecule is Cc1ccc([C@@H](CNC(=O)c2sccc2C)NC(=O)c2sccc2C)o1. The van der Waals surface area contributed by atoms with E-state index in [-0.39, 0.29) is 18.4 Å². The number of hydrogen-bond acceptors (Lipinski definition) is 5. The second-order valence-electron chi connectivity index (χ2n) is 6.05. The molecule has 0 unspecified atom stereocenters. The van der Waals surface area contributed by atoms with Crippen LogP contribution in [-0.4, -0.2) is 18.4 Å². The number of aryl methyl sites for hydroxylation is 3. The zero-order valence-corrected chi connectivity index (χ0v) is 16.4. The number of nitrogens with one attached hydrogen (secondary N) is 2. The van der Waals surface area contributed by atoms with Crippen molar-refractivity contribution in [3.8, 4) is 0 Å². The highest BCUT2D eigenvalue weighted by Crippen LogP contribution is 2.21. The van der Waals surface area contributed by atoms with E-state index in [0.717, 1.165) is 16.9 Å². The highest BCUT2D eigenvalue weighted by molar-refractivity contribution is 7.12. The molecule has 3 aromatic rings. The van der Waals surface area contributed by atoms with Crippen molar-refractivity contribution < 1.29 is 14.0 Å². The Hall–Kier alpha value is -2.38. The van der Waals surface area contributed by atoms with E-state index < -0.39 is 6.04 Å². The number of amides is 2. The summed E-state index contributed by atoms with van der Waals surface area (Å²) in [6, 6.07) is 7.04. The van der Waals surface area contributed by atoms with Gasteiger partial charge in [0.1, 0.15) is 17.6 Å². The molecule has 0 aliphatic heterocycles. The van der Waals surface area contributed by atoms with Gasteiger partial charge in [0.2, 0.25) is 0 Å². The van der Waals surface area contributed by atoms with Crippen molar-refractivity contribution >= 4 is 34.5 Å². The molecule has 0 aliphatic carbocycles. The van der Waals surface area contributed by atoms with Gasteiger partial charge in [-0.3, -0.25) is 9.59 Å². The van der Waals surface area contributed by atoms with Gasteiger partial charge >= 0.3 is 0 Å². The Morgan fingerprint density at radius 2 is 1.58 bits per heavy atom. The summed E-state index contributed by atoms with van der Waals surface area (Å²) in [6.07, 6.45) is 0. The molecule has 26 heavy (non-hydrogen) atoms. The lowest BCUT2D eigenvalue weighted by molar-refractivity contribution is 0.0906. The lowest BCUT2D eigenvalue weighted by Crippen LogP contribution is -2.37. The van der Waals surface area contributed by atoms with E-state index in [0.29, 0.717) is 15.5 Å². The summed E-state index contributed by atoms with van der Waals surface area (Å²) < 4.78 is 5.68. The van der Waals surface area contributed by atoms with Crippen molar-refractivity contribution in [2.24, 2.45) is 0 Å². The first-order valence-electron chi connectivity index (χ1n) is 8.19. The molecule has 0 aromatic carbocycles. The van der Waals surface area contributed by atoms with Crippen molar-refractivity contribution in [3.63, 3.8) is 0 Å². The molecule has 0 saturated heterocycles. The fraction of sp³-hybridized carbons (Fsp3) is 0.263. The molecule has 0 aliphatic rings. The van der Waals surface area contributed by atoms with Crippen molar-refractivity contribution in [2.75, 3.05) is 6.54 Å². The second kappa shape index (κ2) is 7.88. The summed E-state index contributed by atoms with van der Waals surface area (Å²) in [5.74, 6) is 1.06. The van der Waals surface area contributed by atoms with Crippen LogP contribution in [0.4, 0.5) is 0 Å². The highest BCUT2D eigenvalue weighted by Gasteiger charge is 2.22. The molecule has 3 aromatic heterocycles. The number of rotatable bonds is 6. The third-order valence-electron chi connectivity index (χ3n) is 4.01. The fourth-order valence-electron chi connectivity index (χ4n) is 2.57. The van der Waals surface area contributed by atoms with E-state index in [4.69, 9.17) is 4.42 Å². The Morgan fingerprint density at radius 3 is 2.08 bits per heavy atom. The molecule has 1 atom stereocenters. The topological polar surface area (TPSA) is 71.3 Å². The molecule has 2 N–H and O–H groups in total. The smallest absolute Gasteiger partial charge is 0.262 e. The van der Waals surface area contributed by atoms with E-state index in [1.807, 2.05) is 55.8 Å². The van der Waals surface area contributed by atoms with E-state index in [2.05, 4.69) is 10.6 Å². The van der Waals surface area contributed by atoms with Crippen LogP contribution in [0.25, 0.3) is 0 Å². The van der Waals surface area contributed by atoms with Crippen LogP contribution < -0.4 is 10.6 Å². The summed E-state index contributed by atoms with van der Waals surface area (Å²) in [7, 11) is 0. The third kappa shape index (κ3) is 4.05. The molecule has 0 radical (unpaired) electrons. The van der Waals surface area contributed by atoms with E-state index in [1.54, 1.807) is 0 Å². The van der Waals surface area contributed by atoms with Gasteiger partial charge in [-0.2, -0.15) is 0 Å². The molecule has 5 nitrogen and oxygen atoms in total. The largest absolute Gasteiger partial charge is 0.464 e. The maximum atomic E-state index is 12.6. The lowest BCUT2D eigenvalue weighted by Gasteiger charge is -2.17. The average molecular weight is 389 g/mol. The average Bonchev–Trinajstić information content (AvgIpc) is 3.32. The standard InChI is InChI=1S/C19H20N2O3S2/c1-11-6-8-25-16(11)18(22)20-10-14(15-5-4-13(3)24-15)21-19(23)17-12(2)7-9-26-17/h4-9,14H,10H2,1-3H3,(H,20,22)(H,21,23)/t14-/m1/s1. The van der Waals surface area contributed by atoms with Gasteiger partial charge < -0.3 is 15.1 Å². The molecule has 0 bridgehead atoms. The van der Waals surface area contributed by atoms with Crippen LogP contribution in [0.15, 0.2) is 39.4 Å². The van der Waals surface area contributed by atoms with Gasteiger partial charge in [0, 0.05) is 6.54 Å². The molecule has 0 saturated carbocycles. The third-order valence-corrected chi connectivity index (χ3v) is 6.04. The Morgan fingerprint density at radius 1 is 0.962 bits per heavy atom. The van der Waals surface area contributed by atoms with Crippen molar-refractivity contribution in [1.29, 1.82) is 0 Å². The summed E-state index contributed by atoms with van der Waals surface area (Å²) in [5.41, 5.74) is 1.87.